The van der Waals surface area contributed by atoms with E-state index in [1.807, 2.05) is 0 Å². The summed E-state index contributed by atoms with van der Waals surface area (Å²) in [5.41, 5.74) is -0.998. The van der Waals surface area contributed by atoms with E-state index in [0.29, 0.717) is 0 Å². The van der Waals surface area contributed by atoms with Crippen molar-refractivity contribution >= 4 is 5.82 Å². The summed E-state index contributed by atoms with van der Waals surface area (Å²) in [6.07, 6.45) is -1.95. The molecular formula is C7H6F2N2O3. The minimum Gasteiger partial charge on any atom is -0.391 e. The molecule has 0 aromatic carbocycles. The number of alkyl halides is 2. The summed E-state index contributed by atoms with van der Waals surface area (Å²) in [4.78, 5) is 12.7. The maximum atomic E-state index is 12.3. The fourth-order valence-electron chi connectivity index (χ4n) is 1.02. The molecule has 1 N–H and O–H groups in total. The number of nitro groups is 1. The van der Waals surface area contributed by atoms with E-state index in [9.17, 15) is 18.9 Å². The molecule has 1 heterocycles. The van der Waals surface area contributed by atoms with Gasteiger partial charge in [-0.2, -0.15) is 0 Å². The lowest BCUT2D eigenvalue weighted by atomic mass is 10.1. The van der Waals surface area contributed by atoms with E-state index in [1.54, 1.807) is 0 Å². The zero-order chi connectivity index (χ0) is 10.7. The average molecular weight is 204 g/mol. The van der Waals surface area contributed by atoms with Gasteiger partial charge < -0.3 is 15.2 Å². The second-order valence-electron chi connectivity index (χ2n) is 2.42. The van der Waals surface area contributed by atoms with Gasteiger partial charge in [-0.05, 0) is 16.0 Å². The van der Waals surface area contributed by atoms with Gasteiger partial charge in [0.2, 0.25) is 0 Å². The van der Waals surface area contributed by atoms with Gasteiger partial charge >= 0.3 is 5.82 Å². The van der Waals surface area contributed by atoms with Crippen molar-refractivity contribution in [1.29, 1.82) is 0 Å². The van der Waals surface area contributed by atoms with Crippen LogP contribution >= 0.6 is 0 Å². The SMILES string of the molecule is O=[N+]([O-])c1nccc(C(F)F)c1CO. The number of aromatic nitrogens is 1. The molecule has 0 aliphatic rings. The third-order valence-electron chi connectivity index (χ3n) is 1.64. The van der Waals surface area contributed by atoms with Gasteiger partial charge in [0, 0.05) is 5.56 Å². The predicted octanol–water partition coefficient (Wildman–Crippen LogP) is 1.42. The Hall–Kier alpha value is -1.63. The summed E-state index contributed by atoms with van der Waals surface area (Å²) < 4.78 is 24.6. The van der Waals surface area contributed by atoms with E-state index in [-0.39, 0.29) is 0 Å². The Balaban J connectivity index is 3.32. The van der Waals surface area contributed by atoms with Crippen molar-refractivity contribution < 1.29 is 18.8 Å². The number of hydrogen-bond donors (Lipinski definition) is 1. The van der Waals surface area contributed by atoms with Crippen LogP contribution in [0.25, 0.3) is 0 Å². The van der Waals surface area contributed by atoms with Crippen LogP contribution in [0.5, 0.6) is 0 Å². The van der Waals surface area contributed by atoms with Crippen LogP contribution in [-0.2, 0) is 6.61 Å². The van der Waals surface area contributed by atoms with E-state index in [2.05, 4.69) is 4.98 Å². The number of pyridine rings is 1. The highest BCUT2D eigenvalue weighted by Crippen LogP contribution is 2.27. The van der Waals surface area contributed by atoms with Crippen LogP contribution in [0.3, 0.4) is 0 Å². The lowest BCUT2D eigenvalue weighted by Gasteiger charge is -2.04. The molecule has 1 aromatic heterocycles. The minimum absolute atomic E-state index is 0.437. The molecule has 7 heteroatoms. The van der Waals surface area contributed by atoms with Crippen molar-refractivity contribution in [2.75, 3.05) is 0 Å². The summed E-state index contributed by atoms with van der Waals surface area (Å²) in [5, 5.41) is 19.1. The summed E-state index contributed by atoms with van der Waals surface area (Å²) in [7, 11) is 0. The van der Waals surface area contributed by atoms with Crippen LogP contribution in [0.1, 0.15) is 17.6 Å². The van der Waals surface area contributed by atoms with Gasteiger partial charge in [-0.3, -0.25) is 0 Å². The molecule has 1 aromatic rings. The Bertz CT molecular complexity index is 357. The standard InChI is InChI=1S/C7H6F2N2O3/c8-6(9)4-1-2-10-7(11(13)14)5(4)3-12/h1-2,6,12H,3H2. The lowest BCUT2D eigenvalue weighted by molar-refractivity contribution is -0.390. The van der Waals surface area contributed by atoms with Crippen molar-refractivity contribution in [2.24, 2.45) is 0 Å². The first-order chi connectivity index (χ1) is 6.57. The largest absolute Gasteiger partial charge is 0.391 e. The zero-order valence-corrected chi connectivity index (χ0v) is 6.85. The van der Waals surface area contributed by atoms with Gasteiger partial charge in [-0.15, -0.1) is 0 Å². The number of hydrogen-bond acceptors (Lipinski definition) is 4. The van der Waals surface area contributed by atoms with Gasteiger partial charge in [0.1, 0.15) is 6.20 Å². The molecule has 0 unspecified atom stereocenters. The van der Waals surface area contributed by atoms with Crippen molar-refractivity contribution in [1.82, 2.24) is 4.98 Å². The van der Waals surface area contributed by atoms with Crippen molar-refractivity contribution in [2.45, 2.75) is 13.0 Å². The summed E-state index contributed by atoms with van der Waals surface area (Å²) in [6.45, 7) is -0.830. The number of aliphatic hydroxyl groups excluding tert-OH is 1. The van der Waals surface area contributed by atoms with E-state index in [0.717, 1.165) is 12.3 Å². The normalized spacial score (nSPS) is 10.6. The van der Waals surface area contributed by atoms with Gasteiger partial charge in [-0.1, -0.05) is 0 Å². The van der Waals surface area contributed by atoms with Gasteiger partial charge in [0.25, 0.3) is 6.43 Å². The van der Waals surface area contributed by atoms with Crippen LogP contribution in [-0.4, -0.2) is 15.0 Å². The van der Waals surface area contributed by atoms with E-state index < -0.39 is 34.9 Å². The Kier molecular flexibility index (Phi) is 3.03. The minimum atomic E-state index is -2.86. The number of nitrogens with zero attached hydrogens (tertiary/aromatic N) is 2. The van der Waals surface area contributed by atoms with Crippen molar-refractivity contribution in [3.8, 4) is 0 Å². The molecule has 0 atom stereocenters. The van der Waals surface area contributed by atoms with Crippen molar-refractivity contribution in [3.63, 3.8) is 0 Å². The zero-order valence-electron chi connectivity index (χ0n) is 6.85. The third-order valence-corrected chi connectivity index (χ3v) is 1.64. The number of aliphatic hydroxyl groups is 1. The predicted molar refractivity (Wildman–Crippen MR) is 41.8 cm³/mol. The second-order valence-corrected chi connectivity index (χ2v) is 2.42. The smallest absolute Gasteiger partial charge is 0.369 e. The highest BCUT2D eigenvalue weighted by molar-refractivity contribution is 5.39. The van der Waals surface area contributed by atoms with E-state index >= 15 is 0 Å². The first-order valence-corrected chi connectivity index (χ1v) is 3.59. The molecule has 0 saturated heterocycles. The quantitative estimate of drug-likeness (QED) is 0.596. The summed E-state index contributed by atoms with van der Waals surface area (Å²) in [6, 6.07) is 0.948. The van der Waals surface area contributed by atoms with Gasteiger partial charge in [-0.25, -0.2) is 8.78 Å². The Morgan fingerprint density at radius 3 is 2.71 bits per heavy atom. The van der Waals surface area contributed by atoms with Gasteiger partial charge in [0.05, 0.1) is 12.2 Å². The van der Waals surface area contributed by atoms with Crippen LogP contribution in [0.4, 0.5) is 14.6 Å². The maximum absolute atomic E-state index is 12.3. The second kappa shape index (κ2) is 4.05. The Labute approximate surface area is 77.2 Å². The first-order valence-electron chi connectivity index (χ1n) is 3.59. The average Bonchev–Trinajstić information content (AvgIpc) is 2.16. The van der Waals surface area contributed by atoms with Crippen LogP contribution < -0.4 is 0 Å². The van der Waals surface area contributed by atoms with Crippen molar-refractivity contribution in [3.05, 3.63) is 33.5 Å². The van der Waals surface area contributed by atoms with Crippen LogP contribution in [0, 0.1) is 10.1 Å². The molecule has 0 fully saturated rings. The molecule has 0 aliphatic carbocycles. The molecule has 76 valence electrons. The molecule has 0 saturated carbocycles. The highest BCUT2D eigenvalue weighted by atomic mass is 19.3. The molecule has 0 radical (unpaired) electrons. The first kappa shape index (κ1) is 10.5. The molecular weight excluding hydrogens is 198 g/mol. The molecule has 0 aliphatic heterocycles. The van der Waals surface area contributed by atoms with E-state index in [1.165, 1.54) is 0 Å². The molecule has 0 spiro atoms. The topological polar surface area (TPSA) is 76.3 Å². The number of halogens is 2. The number of rotatable bonds is 3. The summed E-state index contributed by atoms with van der Waals surface area (Å²) >= 11 is 0. The Morgan fingerprint density at radius 1 is 1.64 bits per heavy atom. The molecule has 0 amide bonds. The fourth-order valence-corrected chi connectivity index (χ4v) is 1.02. The fraction of sp³-hybridized carbons (Fsp3) is 0.286. The monoisotopic (exact) mass is 204 g/mol. The van der Waals surface area contributed by atoms with Crippen LogP contribution in [0.2, 0.25) is 0 Å². The molecule has 5 nitrogen and oxygen atoms in total. The Morgan fingerprint density at radius 2 is 2.29 bits per heavy atom. The third kappa shape index (κ3) is 1.82. The lowest BCUT2D eigenvalue weighted by Crippen LogP contribution is -2.03. The van der Waals surface area contributed by atoms with E-state index in [4.69, 9.17) is 5.11 Å². The summed E-state index contributed by atoms with van der Waals surface area (Å²) in [5.74, 6) is -0.731. The molecule has 1 rings (SSSR count). The highest BCUT2D eigenvalue weighted by Gasteiger charge is 2.22. The molecule has 14 heavy (non-hydrogen) atoms. The maximum Gasteiger partial charge on any atom is 0.369 e. The van der Waals surface area contributed by atoms with Crippen LogP contribution in [0.15, 0.2) is 12.3 Å². The van der Waals surface area contributed by atoms with Gasteiger partial charge in [0.15, 0.2) is 0 Å². The molecule has 0 bridgehead atoms.